The topological polar surface area (TPSA) is 118 Å². The minimum atomic E-state index is -0.0131. The molecule has 3 aromatic rings. The van der Waals surface area contributed by atoms with Crippen LogP contribution in [0.15, 0.2) is 29.6 Å². The van der Waals surface area contributed by atoms with Crippen molar-refractivity contribution in [2.75, 3.05) is 5.32 Å². The highest BCUT2D eigenvalue weighted by atomic mass is 16.1. The second-order valence-corrected chi connectivity index (χ2v) is 7.96. The van der Waals surface area contributed by atoms with Gasteiger partial charge in [0.05, 0.1) is 18.1 Å². The monoisotopic (exact) mass is 406 g/mol. The Hall–Kier alpha value is -3.42. The number of anilines is 1. The number of aryl methyl sites for hydroxylation is 1. The fraction of sp³-hybridized carbons (Fsp3) is 0.364. The third kappa shape index (κ3) is 3.98. The molecule has 1 saturated carbocycles. The Labute approximate surface area is 174 Å². The van der Waals surface area contributed by atoms with Crippen LogP contribution >= 0.6 is 0 Å². The highest BCUT2D eigenvalue weighted by Crippen LogP contribution is 2.33. The molecule has 0 bridgehead atoms. The Bertz CT molecular complexity index is 1100. The summed E-state index contributed by atoms with van der Waals surface area (Å²) in [4.78, 5) is 27.8. The molecular weight excluding hydrogens is 380 g/mol. The summed E-state index contributed by atoms with van der Waals surface area (Å²) in [5, 5.41) is 11.6. The van der Waals surface area contributed by atoms with Crippen molar-refractivity contribution in [3.05, 3.63) is 35.7 Å². The van der Waals surface area contributed by atoms with Crippen LogP contribution in [0.2, 0.25) is 0 Å². The van der Waals surface area contributed by atoms with Crippen LogP contribution in [0.1, 0.15) is 54.4 Å². The summed E-state index contributed by atoms with van der Waals surface area (Å²) < 4.78 is 1.70. The van der Waals surface area contributed by atoms with Gasteiger partial charge in [0.25, 0.3) is 0 Å². The van der Waals surface area contributed by atoms with E-state index >= 15 is 0 Å². The first-order chi connectivity index (χ1) is 14.6. The molecule has 4 rings (SSSR count). The first-order valence-electron chi connectivity index (χ1n) is 10.3. The Balaban J connectivity index is 1.69. The predicted molar refractivity (Wildman–Crippen MR) is 117 cm³/mol. The van der Waals surface area contributed by atoms with Gasteiger partial charge in [-0.3, -0.25) is 14.3 Å². The fourth-order valence-electron chi connectivity index (χ4n) is 4.40. The molecule has 1 aliphatic rings. The van der Waals surface area contributed by atoms with Crippen molar-refractivity contribution in [2.45, 2.75) is 38.5 Å². The van der Waals surface area contributed by atoms with E-state index in [2.05, 4.69) is 20.5 Å². The van der Waals surface area contributed by atoms with Crippen LogP contribution in [-0.2, 0) is 11.8 Å². The number of nitrogens with zero attached hydrogens (tertiary/aromatic N) is 3. The van der Waals surface area contributed by atoms with E-state index < -0.39 is 0 Å². The smallest absolute Gasteiger partial charge is 0.224 e. The number of fused-ring (bicyclic) bond motifs is 1. The summed E-state index contributed by atoms with van der Waals surface area (Å²) in [6, 6.07) is 3.54. The number of aromatic nitrogens is 3. The molecule has 2 aromatic heterocycles. The van der Waals surface area contributed by atoms with E-state index in [1.165, 1.54) is 25.5 Å². The number of rotatable bonds is 6. The van der Waals surface area contributed by atoms with Crippen LogP contribution in [-0.4, -0.2) is 33.2 Å². The maximum absolute atomic E-state index is 12.6. The largest absolute Gasteiger partial charge is 0.354 e. The Morgan fingerprint density at radius 1 is 1.37 bits per heavy atom. The van der Waals surface area contributed by atoms with Crippen LogP contribution in [0.3, 0.4) is 0 Å². The number of hydrogen-bond acceptors (Lipinski definition) is 5. The van der Waals surface area contributed by atoms with Gasteiger partial charge < -0.3 is 16.1 Å². The lowest BCUT2D eigenvalue weighted by molar-refractivity contribution is -0.117. The summed E-state index contributed by atoms with van der Waals surface area (Å²) in [5.74, 6) is 5.86. The van der Waals surface area contributed by atoms with Crippen LogP contribution < -0.4 is 11.2 Å². The Kier molecular flexibility index (Phi) is 5.65. The van der Waals surface area contributed by atoms with Gasteiger partial charge in [-0.25, -0.2) is 0 Å². The Morgan fingerprint density at radius 2 is 2.17 bits per heavy atom. The number of carbonyl (C=O) groups excluding carboxylic acids is 2. The van der Waals surface area contributed by atoms with E-state index in [9.17, 15) is 9.59 Å². The number of aldehydes is 1. The van der Waals surface area contributed by atoms with Crippen molar-refractivity contribution in [1.29, 1.82) is 0 Å². The van der Waals surface area contributed by atoms with Crippen molar-refractivity contribution in [2.24, 2.45) is 23.9 Å². The molecule has 1 aliphatic carbocycles. The van der Waals surface area contributed by atoms with Gasteiger partial charge in [-0.2, -0.15) is 10.2 Å². The SMILES string of the molecule is Cn1cc(-c2[nH]c3cc(NC(=O)CC4CCCCC4)cc(C=O)c3c2/C=N\N)cn1. The van der Waals surface area contributed by atoms with Crippen LogP contribution in [0.5, 0.6) is 0 Å². The van der Waals surface area contributed by atoms with Crippen LogP contribution in [0.4, 0.5) is 5.69 Å². The maximum atomic E-state index is 12.6. The molecule has 1 aromatic carbocycles. The van der Waals surface area contributed by atoms with Gasteiger partial charge in [-0.1, -0.05) is 19.3 Å². The number of nitrogens with one attached hydrogen (secondary N) is 2. The average molecular weight is 406 g/mol. The van der Waals surface area contributed by atoms with E-state index in [4.69, 9.17) is 5.84 Å². The number of benzene rings is 1. The third-order valence-electron chi connectivity index (χ3n) is 5.77. The van der Waals surface area contributed by atoms with Gasteiger partial charge in [-0.15, -0.1) is 0 Å². The quantitative estimate of drug-likeness (QED) is 0.251. The van der Waals surface area contributed by atoms with E-state index in [1.54, 1.807) is 16.9 Å². The predicted octanol–water partition coefficient (Wildman–Crippen LogP) is 3.58. The molecule has 8 nitrogen and oxygen atoms in total. The molecule has 2 heterocycles. The second kappa shape index (κ2) is 8.52. The van der Waals surface area contributed by atoms with Gasteiger partial charge in [-0.05, 0) is 30.9 Å². The number of carbonyl (C=O) groups is 2. The van der Waals surface area contributed by atoms with E-state index in [-0.39, 0.29) is 5.91 Å². The number of hydrogen-bond donors (Lipinski definition) is 3. The highest BCUT2D eigenvalue weighted by Gasteiger charge is 2.20. The molecule has 8 heteroatoms. The maximum Gasteiger partial charge on any atom is 0.224 e. The zero-order valence-electron chi connectivity index (χ0n) is 17.0. The average Bonchev–Trinajstić information content (AvgIpc) is 3.32. The Morgan fingerprint density at radius 3 is 2.83 bits per heavy atom. The normalized spacial score (nSPS) is 15.1. The summed E-state index contributed by atoms with van der Waals surface area (Å²) >= 11 is 0. The summed E-state index contributed by atoms with van der Waals surface area (Å²) in [6.07, 6.45) is 12.3. The molecule has 1 fully saturated rings. The minimum absolute atomic E-state index is 0.0131. The number of amides is 1. The first kappa shape index (κ1) is 19.9. The van der Waals surface area contributed by atoms with Gasteiger partial charge in [0.1, 0.15) is 0 Å². The third-order valence-corrected chi connectivity index (χ3v) is 5.77. The minimum Gasteiger partial charge on any atom is -0.354 e. The number of H-pyrrole nitrogens is 1. The summed E-state index contributed by atoms with van der Waals surface area (Å²) in [7, 11) is 1.83. The van der Waals surface area contributed by atoms with Crippen LogP contribution in [0, 0.1) is 5.92 Å². The molecule has 0 atom stereocenters. The second-order valence-electron chi connectivity index (χ2n) is 7.96. The fourth-order valence-corrected chi connectivity index (χ4v) is 4.40. The highest BCUT2D eigenvalue weighted by molar-refractivity contribution is 6.13. The van der Waals surface area contributed by atoms with E-state index in [0.29, 0.717) is 34.5 Å². The summed E-state index contributed by atoms with van der Waals surface area (Å²) in [6.45, 7) is 0. The number of hydrazone groups is 1. The number of nitrogens with two attached hydrogens (primary N) is 1. The van der Waals surface area contributed by atoms with Crippen LogP contribution in [0.25, 0.3) is 22.2 Å². The van der Waals surface area contributed by atoms with Crippen molar-refractivity contribution in [3.63, 3.8) is 0 Å². The molecular formula is C22H26N6O2. The van der Waals surface area contributed by atoms with Gasteiger partial charge in [0.15, 0.2) is 6.29 Å². The van der Waals surface area contributed by atoms with Gasteiger partial charge in [0, 0.05) is 52.9 Å². The van der Waals surface area contributed by atoms with E-state index in [0.717, 1.165) is 35.9 Å². The van der Waals surface area contributed by atoms with Crippen molar-refractivity contribution in [3.8, 4) is 11.3 Å². The molecule has 1 amide bonds. The molecule has 0 unspecified atom stereocenters. The molecule has 4 N–H and O–H groups in total. The standard InChI is InChI=1S/C22H26N6O2/c1-28-12-16(10-25-28)22-18(11-24-23)21-15(13-29)8-17(9-19(21)27-22)26-20(30)7-14-5-3-2-4-6-14/h8-14,27H,2-7,23H2,1H3,(H,26,30)/b24-11-. The molecule has 30 heavy (non-hydrogen) atoms. The van der Waals surface area contributed by atoms with Gasteiger partial charge in [0.2, 0.25) is 5.91 Å². The van der Waals surface area contributed by atoms with Crippen molar-refractivity contribution in [1.82, 2.24) is 14.8 Å². The summed E-state index contributed by atoms with van der Waals surface area (Å²) in [5.41, 5.74) is 4.11. The van der Waals surface area contributed by atoms with Crippen molar-refractivity contribution >= 4 is 35.0 Å². The molecule has 0 aliphatic heterocycles. The molecule has 156 valence electrons. The molecule has 0 spiro atoms. The lowest BCUT2D eigenvalue weighted by Crippen LogP contribution is -2.18. The zero-order chi connectivity index (χ0) is 21.1. The molecule has 0 radical (unpaired) electrons. The number of aromatic amines is 1. The zero-order valence-corrected chi connectivity index (χ0v) is 17.0. The van der Waals surface area contributed by atoms with Crippen molar-refractivity contribution < 1.29 is 9.59 Å². The lowest BCUT2D eigenvalue weighted by Gasteiger charge is -2.20. The first-order valence-corrected chi connectivity index (χ1v) is 10.3. The van der Waals surface area contributed by atoms with E-state index in [1.807, 2.05) is 19.3 Å². The lowest BCUT2D eigenvalue weighted by atomic mass is 9.87. The molecule has 0 saturated heterocycles. The van der Waals surface area contributed by atoms with Gasteiger partial charge >= 0.3 is 0 Å².